The number of likely N-dealkylation sites (tertiary alicyclic amines) is 1. The standard InChI is InChI=1S/C18H29N3O3.ClH/c1-5-8-18(4,19)17(23)21-9-6-14(7-10-21)20-16(22)15-11-12(2)24-13(15)3;/h11,14H,5-10,19H2,1-4H3,(H,20,22);1H. The van der Waals surface area contributed by atoms with Crippen LogP contribution < -0.4 is 11.1 Å². The number of piperidine rings is 1. The van der Waals surface area contributed by atoms with Crippen LogP contribution in [0.3, 0.4) is 0 Å². The van der Waals surface area contributed by atoms with Crippen LogP contribution in [0.2, 0.25) is 0 Å². The average molecular weight is 372 g/mol. The highest BCUT2D eigenvalue weighted by atomic mass is 35.5. The van der Waals surface area contributed by atoms with Gasteiger partial charge < -0.3 is 20.4 Å². The third-order valence-electron chi connectivity index (χ3n) is 4.66. The first-order valence-corrected chi connectivity index (χ1v) is 8.70. The molecule has 0 spiro atoms. The summed E-state index contributed by atoms with van der Waals surface area (Å²) in [4.78, 5) is 26.7. The average Bonchev–Trinajstić information content (AvgIpc) is 2.86. The summed E-state index contributed by atoms with van der Waals surface area (Å²) in [5, 5.41) is 3.04. The Balaban J connectivity index is 0.00000312. The summed E-state index contributed by atoms with van der Waals surface area (Å²) in [5.41, 5.74) is 5.93. The van der Waals surface area contributed by atoms with Crippen molar-refractivity contribution in [2.45, 2.75) is 65.0 Å². The highest BCUT2D eigenvalue weighted by Crippen LogP contribution is 2.19. The van der Waals surface area contributed by atoms with Gasteiger partial charge in [-0.3, -0.25) is 9.59 Å². The van der Waals surface area contributed by atoms with E-state index in [4.69, 9.17) is 10.2 Å². The number of nitrogens with zero attached hydrogens (tertiary/aromatic N) is 1. The molecule has 6 nitrogen and oxygen atoms in total. The van der Waals surface area contributed by atoms with E-state index in [1.54, 1.807) is 19.9 Å². The van der Waals surface area contributed by atoms with Crippen molar-refractivity contribution < 1.29 is 14.0 Å². The lowest BCUT2D eigenvalue weighted by Crippen LogP contribution is -2.56. The van der Waals surface area contributed by atoms with Gasteiger partial charge in [0.1, 0.15) is 11.5 Å². The molecule has 1 aromatic heterocycles. The quantitative estimate of drug-likeness (QED) is 0.832. The van der Waals surface area contributed by atoms with Crippen molar-refractivity contribution in [3.63, 3.8) is 0 Å². The van der Waals surface area contributed by atoms with Crippen LogP contribution in [-0.2, 0) is 4.79 Å². The van der Waals surface area contributed by atoms with Crippen LogP contribution in [0.25, 0.3) is 0 Å². The number of hydrogen-bond donors (Lipinski definition) is 2. The number of halogens is 1. The Morgan fingerprint density at radius 1 is 1.36 bits per heavy atom. The molecule has 0 saturated carbocycles. The number of hydrogen-bond acceptors (Lipinski definition) is 4. The Kier molecular flexibility index (Phi) is 7.50. The lowest BCUT2D eigenvalue weighted by Gasteiger charge is -2.37. The maximum Gasteiger partial charge on any atom is 0.255 e. The summed E-state index contributed by atoms with van der Waals surface area (Å²) < 4.78 is 5.41. The van der Waals surface area contributed by atoms with E-state index < -0.39 is 5.54 Å². The van der Waals surface area contributed by atoms with Gasteiger partial charge in [-0.25, -0.2) is 0 Å². The number of nitrogens with two attached hydrogens (primary N) is 1. The smallest absolute Gasteiger partial charge is 0.255 e. The molecule has 0 aliphatic carbocycles. The second-order valence-electron chi connectivity index (χ2n) is 7.03. The van der Waals surface area contributed by atoms with Gasteiger partial charge in [0.2, 0.25) is 5.91 Å². The molecule has 0 bridgehead atoms. The molecule has 7 heteroatoms. The minimum absolute atomic E-state index is 0. The first-order valence-electron chi connectivity index (χ1n) is 8.70. The molecule has 1 aliphatic rings. The van der Waals surface area contributed by atoms with Crippen molar-refractivity contribution in [3.8, 4) is 0 Å². The van der Waals surface area contributed by atoms with Crippen LogP contribution in [0.15, 0.2) is 10.5 Å². The molecule has 1 aliphatic heterocycles. The van der Waals surface area contributed by atoms with E-state index in [0.29, 0.717) is 30.8 Å². The van der Waals surface area contributed by atoms with Gasteiger partial charge in [0.15, 0.2) is 0 Å². The van der Waals surface area contributed by atoms with Gasteiger partial charge in [-0.2, -0.15) is 0 Å². The molecule has 2 rings (SSSR count). The Hall–Kier alpha value is -1.53. The molecular formula is C18H30ClN3O3. The van der Waals surface area contributed by atoms with Crippen LogP contribution in [0.1, 0.15) is 61.4 Å². The van der Waals surface area contributed by atoms with Crippen LogP contribution in [0.5, 0.6) is 0 Å². The van der Waals surface area contributed by atoms with Gasteiger partial charge in [0.25, 0.3) is 5.91 Å². The fraction of sp³-hybridized carbons (Fsp3) is 0.667. The SMILES string of the molecule is CCCC(C)(N)C(=O)N1CCC(NC(=O)c2cc(C)oc2C)CC1.Cl. The fourth-order valence-electron chi connectivity index (χ4n) is 3.33. The summed E-state index contributed by atoms with van der Waals surface area (Å²) in [5.74, 6) is 1.27. The zero-order valence-corrected chi connectivity index (χ0v) is 16.4. The zero-order chi connectivity index (χ0) is 17.9. The fourth-order valence-corrected chi connectivity index (χ4v) is 3.33. The monoisotopic (exact) mass is 371 g/mol. The maximum absolute atomic E-state index is 12.5. The van der Waals surface area contributed by atoms with Crippen molar-refractivity contribution in [3.05, 3.63) is 23.2 Å². The number of carbonyl (C=O) groups excluding carboxylic acids is 2. The molecular weight excluding hydrogens is 342 g/mol. The summed E-state index contributed by atoms with van der Waals surface area (Å²) >= 11 is 0. The van der Waals surface area contributed by atoms with E-state index in [2.05, 4.69) is 5.32 Å². The predicted octanol–water partition coefficient (Wildman–Crippen LogP) is 2.56. The molecule has 1 atom stereocenters. The highest BCUT2D eigenvalue weighted by molar-refractivity contribution is 5.95. The van der Waals surface area contributed by atoms with Gasteiger partial charge in [-0.15, -0.1) is 12.4 Å². The largest absolute Gasteiger partial charge is 0.466 e. The minimum Gasteiger partial charge on any atom is -0.466 e. The van der Waals surface area contributed by atoms with E-state index in [9.17, 15) is 9.59 Å². The molecule has 2 heterocycles. The third-order valence-corrected chi connectivity index (χ3v) is 4.66. The molecule has 0 aromatic carbocycles. The molecule has 3 N–H and O–H groups in total. The van der Waals surface area contributed by atoms with Crippen LogP contribution in [0, 0.1) is 13.8 Å². The number of aryl methyl sites for hydroxylation is 2. The van der Waals surface area contributed by atoms with Crippen molar-refractivity contribution >= 4 is 24.2 Å². The van der Waals surface area contributed by atoms with E-state index >= 15 is 0 Å². The van der Waals surface area contributed by atoms with Gasteiger partial charge >= 0.3 is 0 Å². The molecule has 1 unspecified atom stereocenters. The first kappa shape index (κ1) is 21.5. The minimum atomic E-state index is -0.795. The predicted molar refractivity (Wildman–Crippen MR) is 100.0 cm³/mol. The number of furan rings is 1. The zero-order valence-electron chi connectivity index (χ0n) is 15.6. The molecule has 0 radical (unpaired) electrons. The van der Waals surface area contributed by atoms with Crippen LogP contribution in [0.4, 0.5) is 0 Å². The Morgan fingerprint density at radius 2 is 1.96 bits per heavy atom. The highest BCUT2D eigenvalue weighted by Gasteiger charge is 2.34. The van der Waals surface area contributed by atoms with Crippen molar-refractivity contribution in [1.82, 2.24) is 10.2 Å². The molecule has 1 fully saturated rings. The molecule has 2 amide bonds. The molecule has 142 valence electrons. The normalized spacial score (nSPS) is 17.6. The summed E-state index contributed by atoms with van der Waals surface area (Å²) in [6, 6.07) is 1.83. The van der Waals surface area contributed by atoms with Crippen LogP contribution in [-0.4, -0.2) is 41.4 Å². The summed E-state index contributed by atoms with van der Waals surface area (Å²) in [7, 11) is 0. The second kappa shape index (κ2) is 8.72. The van der Waals surface area contributed by atoms with Crippen molar-refractivity contribution in [2.75, 3.05) is 13.1 Å². The van der Waals surface area contributed by atoms with Gasteiger partial charge in [-0.1, -0.05) is 13.3 Å². The van der Waals surface area contributed by atoms with Gasteiger partial charge in [0, 0.05) is 19.1 Å². The van der Waals surface area contributed by atoms with E-state index in [0.717, 1.165) is 25.0 Å². The van der Waals surface area contributed by atoms with Gasteiger partial charge in [0.05, 0.1) is 11.1 Å². The summed E-state index contributed by atoms with van der Waals surface area (Å²) in [6.45, 7) is 8.71. The maximum atomic E-state index is 12.5. The van der Waals surface area contributed by atoms with E-state index in [-0.39, 0.29) is 30.3 Å². The summed E-state index contributed by atoms with van der Waals surface area (Å²) in [6.07, 6.45) is 3.06. The second-order valence-corrected chi connectivity index (χ2v) is 7.03. The van der Waals surface area contributed by atoms with E-state index in [1.807, 2.05) is 18.7 Å². The van der Waals surface area contributed by atoms with Crippen molar-refractivity contribution in [2.24, 2.45) is 5.73 Å². The first-order chi connectivity index (χ1) is 11.2. The lowest BCUT2D eigenvalue weighted by molar-refractivity contribution is -0.137. The van der Waals surface area contributed by atoms with Crippen LogP contribution >= 0.6 is 12.4 Å². The number of rotatable bonds is 5. The molecule has 25 heavy (non-hydrogen) atoms. The number of carbonyl (C=O) groups is 2. The Bertz CT molecular complexity index is 605. The number of amides is 2. The number of nitrogens with one attached hydrogen (secondary N) is 1. The Morgan fingerprint density at radius 3 is 2.44 bits per heavy atom. The lowest BCUT2D eigenvalue weighted by atomic mass is 9.94. The van der Waals surface area contributed by atoms with E-state index in [1.165, 1.54) is 0 Å². The van der Waals surface area contributed by atoms with Crippen molar-refractivity contribution in [1.29, 1.82) is 0 Å². The Labute approximate surface area is 155 Å². The van der Waals surface area contributed by atoms with Gasteiger partial charge in [-0.05, 0) is 46.1 Å². The molecule has 1 saturated heterocycles. The molecule has 1 aromatic rings. The topological polar surface area (TPSA) is 88.6 Å². The third kappa shape index (κ3) is 5.22.